The van der Waals surface area contributed by atoms with Gasteiger partial charge in [0.15, 0.2) is 0 Å². The van der Waals surface area contributed by atoms with Gasteiger partial charge in [0, 0.05) is 11.8 Å². The number of carbonyl (C=O) groups excluding carboxylic acids is 2. The van der Waals surface area contributed by atoms with Gasteiger partial charge in [0.1, 0.15) is 29.8 Å². The molecule has 3 aromatic carbocycles. The van der Waals surface area contributed by atoms with Crippen molar-refractivity contribution in [1.29, 1.82) is 0 Å². The number of piperazine rings is 1. The van der Waals surface area contributed by atoms with Crippen molar-refractivity contribution in [2.24, 2.45) is 0 Å². The fourth-order valence-corrected chi connectivity index (χ4v) is 3.98. The Labute approximate surface area is 193 Å². The molecule has 0 spiro atoms. The Morgan fingerprint density at radius 2 is 1.42 bits per heavy atom. The summed E-state index contributed by atoms with van der Waals surface area (Å²) in [6.45, 7) is 1.86. The summed E-state index contributed by atoms with van der Waals surface area (Å²) < 4.78 is 16.0. The van der Waals surface area contributed by atoms with Crippen molar-refractivity contribution in [3.63, 3.8) is 0 Å². The van der Waals surface area contributed by atoms with E-state index in [-0.39, 0.29) is 18.4 Å². The summed E-state index contributed by atoms with van der Waals surface area (Å²) in [5, 5.41) is 0. The van der Waals surface area contributed by atoms with Gasteiger partial charge >= 0.3 is 0 Å². The lowest BCUT2D eigenvalue weighted by Crippen LogP contribution is -2.56. The molecule has 1 fully saturated rings. The zero-order valence-electron chi connectivity index (χ0n) is 19.1. The summed E-state index contributed by atoms with van der Waals surface area (Å²) in [5.41, 5.74) is 2.94. The number of amides is 2. The van der Waals surface area contributed by atoms with Gasteiger partial charge in [-0.1, -0.05) is 29.8 Å². The van der Waals surface area contributed by atoms with Crippen LogP contribution in [0.4, 0.5) is 11.4 Å². The number of hydrogen-bond acceptors (Lipinski definition) is 5. The van der Waals surface area contributed by atoms with Crippen LogP contribution in [0.3, 0.4) is 0 Å². The molecular weight excluding hydrogens is 420 g/mol. The zero-order valence-corrected chi connectivity index (χ0v) is 19.1. The number of anilines is 2. The molecule has 0 aliphatic carbocycles. The molecule has 1 atom stereocenters. The van der Waals surface area contributed by atoms with Gasteiger partial charge in [-0.25, -0.2) is 0 Å². The van der Waals surface area contributed by atoms with Crippen LogP contribution in [0.15, 0.2) is 66.7 Å². The third kappa shape index (κ3) is 4.22. The van der Waals surface area contributed by atoms with Gasteiger partial charge in [-0.3, -0.25) is 19.4 Å². The van der Waals surface area contributed by atoms with Crippen LogP contribution in [0.2, 0.25) is 0 Å². The first-order chi connectivity index (χ1) is 16.0. The maximum absolute atomic E-state index is 13.9. The van der Waals surface area contributed by atoms with Crippen molar-refractivity contribution in [3.05, 3.63) is 77.9 Å². The van der Waals surface area contributed by atoms with Crippen LogP contribution in [-0.4, -0.2) is 39.7 Å². The molecule has 1 heterocycles. The molecule has 0 bridgehead atoms. The first-order valence-electron chi connectivity index (χ1n) is 10.5. The number of aryl methyl sites for hydroxylation is 1. The summed E-state index contributed by atoms with van der Waals surface area (Å²) in [5.74, 6) is 1.30. The highest BCUT2D eigenvalue weighted by Crippen LogP contribution is 2.39. The molecule has 0 aromatic heterocycles. The van der Waals surface area contributed by atoms with E-state index in [2.05, 4.69) is 0 Å². The molecule has 7 nitrogen and oxygen atoms in total. The molecule has 33 heavy (non-hydrogen) atoms. The summed E-state index contributed by atoms with van der Waals surface area (Å²) in [4.78, 5) is 30.4. The van der Waals surface area contributed by atoms with E-state index in [1.165, 1.54) is 12.0 Å². The minimum Gasteiger partial charge on any atom is -0.497 e. The van der Waals surface area contributed by atoms with Gasteiger partial charge in [-0.05, 0) is 48.9 Å². The van der Waals surface area contributed by atoms with E-state index in [1.54, 1.807) is 61.6 Å². The second kappa shape index (κ2) is 9.24. The molecule has 3 aromatic rings. The van der Waals surface area contributed by atoms with E-state index in [0.29, 0.717) is 28.6 Å². The number of rotatable bonds is 6. The Bertz CT molecular complexity index is 1160. The average molecular weight is 447 g/mol. The number of carbonyl (C=O) groups is 2. The number of ether oxygens (including phenoxy) is 3. The van der Waals surface area contributed by atoms with Crippen molar-refractivity contribution >= 4 is 23.2 Å². The summed E-state index contributed by atoms with van der Waals surface area (Å²) in [7, 11) is 4.67. The Kier molecular flexibility index (Phi) is 6.22. The van der Waals surface area contributed by atoms with Crippen LogP contribution in [-0.2, 0) is 9.59 Å². The maximum atomic E-state index is 13.9. The maximum Gasteiger partial charge on any atom is 0.255 e. The minimum absolute atomic E-state index is 0.115. The van der Waals surface area contributed by atoms with Crippen LogP contribution >= 0.6 is 0 Å². The van der Waals surface area contributed by atoms with Gasteiger partial charge in [0.25, 0.3) is 5.91 Å². The second-order valence-electron chi connectivity index (χ2n) is 7.74. The van der Waals surface area contributed by atoms with Crippen molar-refractivity contribution in [1.82, 2.24) is 0 Å². The Balaban J connectivity index is 1.81. The molecule has 1 aliphatic heterocycles. The average Bonchev–Trinajstić information content (AvgIpc) is 2.85. The van der Waals surface area contributed by atoms with Crippen LogP contribution in [0.1, 0.15) is 17.2 Å². The second-order valence-corrected chi connectivity index (χ2v) is 7.74. The van der Waals surface area contributed by atoms with E-state index >= 15 is 0 Å². The first-order valence-corrected chi connectivity index (χ1v) is 10.5. The lowest BCUT2D eigenvalue weighted by Gasteiger charge is -2.40. The molecule has 1 aliphatic rings. The molecule has 7 heteroatoms. The van der Waals surface area contributed by atoms with E-state index < -0.39 is 6.04 Å². The monoisotopic (exact) mass is 446 g/mol. The zero-order chi connectivity index (χ0) is 23.5. The Hall–Kier alpha value is -4.00. The van der Waals surface area contributed by atoms with Crippen LogP contribution in [0, 0.1) is 6.92 Å². The fourth-order valence-electron chi connectivity index (χ4n) is 3.98. The predicted octanol–water partition coefficient (Wildman–Crippen LogP) is 4.14. The number of nitrogens with zero attached hydrogens (tertiary/aromatic N) is 2. The lowest BCUT2D eigenvalue weighted by atomic mass is 9.98. The predicted molar refractivity (Wildman–Crippen MR) is 126 cm³/mol. The fraction of sp³-hybridized carbons (Fsp3) is 0.231. The highest BCUT2D eigenvalue weighted by molar-refractivity contribution is 6.15. The molecule has 170 valence electrons. The number of methoxy groups -OCH3 is 3. The molecular formula is C26H26N2O5. The van der Waals surface area contributed by atoms with Crippen molar-refractivity contribution in [3.8, 4) is 17.2 Å². The lowest BCUT2D eigenvalue weighted by molar-refractivity contribution is -0.128. The number of hydrogen-bond donors (Lipinski definition) is 0. The van der Waals surface area contributed by atoms with Crippen molar-refractivity contribution < 1.29 is 23.8 Å². The third-order valence-electron chi connectivity index (χ3n) is 5.74. The summed E-state index contributed by atoms with van der Waals surface area (Å²) in [6.07, 6.45) is 0. The highest BCUT2D eigenvalue weighted by atomic mass is 16.5. The van der Waals surface area contributed by atoms with Gasteiger partial charge in [-0.15, -0.1) is 0 Å². The standard InChI is InChI=1S/C26H26N2O5/c1-17-5-7-18(8-6-17)25-26(30)27(22-14-13-21(32-3)15-23(22)33-4)16-24(29)28(25)19-9-11-20(31-2)12-10-19/h5-15,25H,16H2,1-4H3/t25-/m0/s1. The molecule has 1 saturated heterocycles. The topological polar surface area (TPSA) is 68.3 Å². The van der Waals surface area contributed by atoms with Crippen molar-refractivity contribution in [2.45, 2.75) is 13.0 Å². The van der Waals surface area contributed by atoms with Gasteiger partial charge in [0.05, 0.1) is 27.0 Å². The molecule has 4 rings (SSSR count). The van der Waals surface area contributed by atoms with E-state index in [4.69, 9.17) is 14.2 Å². The van der Waals surface area contributed by atoms with Crippen LogP contribution in [0.5, 0.6) is 17.2 Å². The normalized spacial score (nSPS) is 16.1. The third-order valence-corrected chi connectivity index (χ3v) is 5.74. The van der Waals surface area contributed by atoms with E-state index in [1.807, 2.05) is 31.2 Å². The number of benzene rings is 3. The largest absolute Gasteiger partial charge is 0.497 e. The van der Waals surface area contributed by atoms with Gasteiger partial charge in [0.2, 0.25) is 5.91 Å². The van der Waals surface area contributed by atoms with E-state index in [0.717, 1.165) is 11.1 Å². The molecule has 2 amide bonds. The molecule has 0 unspecified atom stereocenters. The molecule has 0 N–H and O–H groups in total. The molecule has 0 radical (unpaired) electrons. The van der Waals surface area contributed by atoms with Crippen LogP contribution < -0.4 is 24.0 Å². The summed E-state index contributed by atoms with van der Waals surface area (Å²) in [6, 6.07) is 19.1. The Morgan fingerprint density at radius 3 is 2.03 bits per heavy atom. The smallest absolute Gasteiger partial charge is 0.255 e. The van der Waals surface area contributed by atoms with Crippen molar-refractivity contribution in [2.75, 3.05) is 37.7 Å². The van der Waals surface area contributed by atoms with E-state index in [9.17, 15) is 9.59 Å². The highest BCUT2D eigenvalue weighted by Gasteiger charge is 2.42. The van der Waals surface area contributed by atoms with Gasteiger partial charge < -0.3 is 14.2 Å². The SMILES string of the molecule is COc1ccc(N2C(=O)CN(c3ccc(OC)cc3OC)C(=O)[C@@H]2c2ccc(C)cc2)cc1. The minimum atomic E-state index is -0.827. The first kappa shape index (κ1) is 22.2. The molecule has 0 saturated carbocycles. The van der Waals surface area contributed by atoms with Gasteiger partial charge in [-0.2, -0.15) is 0 Å². The van der Waals surface area contributed by atoms with Crippen LogP contribution in [0.25, 0.3) is 0 Å². The quantitative estimate of drug-likeness (QED) is 0.569. The Morgan fingerprint density at radius 1 is 0.788 bits per heavy atom. The summed E-state index contributed by atoms with van der Waals surface area (Å²) >= 11 is 0.